The largest absolute Gasteiger partial charge is 0.269 e. The number of hydrazine groups is 1. The van der Waals surface area contributed by atoms with E-state index in [1.54, 1.807) is 0 Å². The van der Waals surface area contributed by atoms with Crippen molar-refractivity contribution in [1.29, 1.82) is 0 Å². The zero-order valence-corrected chi connectivity index (χ0v) is 5.01. The maximum atomic E-state index is 5.60. The van der Waals surface area contributed by atoms with Crippen LogP contribution in [0.5, 0.6) is 0 Å². The van der Waals surface area contributed by atoms with Gasteiger partial charge >= 0.3 is 0 Å². The lowest BCUT2D eigenvalue weighted by Crippen LogP contribution is -2.56. The highest BCUT2D eigenvalue weighted by molar-refractivity contribution is 4.92. The second kappa shape index (κ2) is 1.45. The Bertz CT molecular complexity index is 103. The molecule has 0 aromatic carbocycles. The van der Waals surface area contributed by atoms with E-state index in [0.29, 0.717) is 0 Å². The van der Waals surface area contributed by atoms with Gasteiger partial charge in [0, 0.05) is 12.6 Å². The lowest BCUT2D eigenvalue weighted by molar-refractivity contribution is 0.0383. The first kappa shape index (κ1) is 4.77. The van der Waals surface area contributed by atoms with E-state index in [4.69, 9.17) is 5.84 Å². The van der Waals surface area contributed by atoms with E-state index >= 15 is 0 Å². The monoisotopic (exact) mass is 112 g/mol. The molecule has 0 aromatic rings. The standard InChI is InChI=1S/C6H12N2/c7-8-4-5-2-1-3-6(5)8/h5-6H,1-4,7H2. The second-order valence-electron chi connectivity index (χ2n) is 2.96. The summed E-state index contributed by atoms with van der Waals surface area (Å²) in [4.78, 5) is 0. The Hall–Kier alpha value is -0.0800. The molecule has 0 bridgehead atoms. The number of nitrogens with two attached hydrogens (primary N) is 1. The molecule has 1 aliphatic heterocycles. The van der Waals surface area contributed by atoms with E-state index in [2.05, 4.69) is 0 Å². The van der Waals surface area contributed by atoms with Crippen molar-refractivity contribution in [2.24, 2.45) is 11.8 Å². The zero-order valence-electron chi connectivity index (χ0n) is 5.01. The van der Waals surface area contributed by atoms with Crippen LogP contribution in [0.2, 0.25) is 0 Å². The van der Waals surface area contributed by atoms with E-state index in [9.17, 15) is 0 Å². The SMILES string of the molecule is NN1CC2CCCC21. The Morgan fingerprint density at radius 1 is 1.38 bits per heavy atom. The van der Waals surface area contributed by atoms with Gasteiger partial charge in [-0.3, -0.25) is 5.84 Å². The highest BCUT2D eigenvalue weighted by atomic mass is 15.5. The van der Waals surface area contributed by atoms with Gasteiger partial charge in [0.1, 0.15) is 0 Å². The molecule has 0 amide bonds. The van der Waals surface area contributed by atoms with E-state index < -0.39 is 0 Å². The predicted molar refractivity (Wildman–Crippen MR) is 32.0 cm³/mol. The summed E-state index contributed by atoms with van der Waals surface area (Å²) in [6.45, 7) is 1.16. The molecule has 2 nitrogen and oxygen atoms in total. The minimum Gasteiger partial charge on any atom is -0.269 e. The third-order valence-electron chi connectivity index (χ3n) is 2.49. The van der Waals surface area contributed by atoms with Gasteiger partial charge in [-0.2, -0.15) is 0 Å². The summed E-state index contributed by atoms with van der Waals surface area (Å²) in [6, 6.07) is 0.773. The summed E-state index contributed by atoms with van der Waals surface area (Å²) in [5, 5.41) is 1.98. The maximum absolute atomic E-state index is 5.60. The summed E-state index contributed by atoms with van der Waals surface area (Å²) < 4.78 is 0. The Labute approximate surface area is 49.6 Å². The van der Waals surface area contributed by atoms with Gasteiger partial charge in [-0.05, 0) is 18.8 Å². The first-order valence-corrected chi connectivity index (χ1v) is 3.39. The van der Waals surface area contributed by atoms with Crippen LogP contribution in [0.4, 0.5) is 0 Å². The van der Waals surface area contributed by atoms with Crippen LogP contribution in [0.3, 0.4) is 0 Å². The molecule has 1 aliphatic carbocycles. The molecule has 2 unspecified atom stereocenters. The van der Waals surface area contributed by atoms with Crippen molar-refractivity contribution in [1.82, 2.24) is 5.01 Å². The third kappa shape index (κ3) is 0.446. The second-order valence-corrected chi connectivity index (χ2v) is 2.96. The fraction of sp³-hybridized carbons (Fsp3) is 1.00. The molecule has 0 radical (unpaired) electrons. The van der Waals surface area contributed by atoms with Gasteiger partial charge in [0.05, 0.1) is 0 Å². The van der Waals surface area contributed by atoms with Crippen molar-refractivity contribution in [3.63, 3.8) is 0 Å². The fourth-order valence-corrected chi connectivity index (χ4v) is 1.94. The molecule has 2 N–H and O–H groups in total. The van der Waals surface area contributed by atoms with Crippen LogP contribution in [0.15, 0.2) is 0 Å². The number of hydrogen-bond acceptors (Lipinski definition) is 2. The zero-order chi connectivity index (χ0) is 5.56. The molecule has 2 atom stereocenters. The van der Waals surface area contributed by atoms with Gasteiger partial charge in [-0.25, -0.2) is 5.01 Å². The third-order valence-corrected chi connectivity index (χ3v) is 2.49. The Kier molecular flexibility index (Phi) is 0.866. The van der Waals surface area contributed by atoms with Crippen LogP contribution in [0.1, 0.15) is 19.3 Å². The fourth-order valence-electron chi connectivity index (χ4n) is 1.94. The topological polar surface area (TPSA) is 29.3 Å². The van der Waals surface area contributed by atoms with Crippen LogP contribution in [0, 0.1) is 5.92 Å². The van der Waals surface area contributed by atoms with E-state index in [1.165, 1.54) is 19.3 Å². The molecule has 1 heterocycles. The predicted octanol–water partition coefficient (Wildman–Crippen LogP) is 0.344. The van der Waals surface area contributed by atoms with Crippen LogP contribution in [-0.2, 0) is 0 Å². The van der Waals surface area contributed by atoms with Crippen molar-refractivity contribution in [3.05, 3.63) is 0 Å². The Morgan fingerprint density at radius 2 is 2.25 bits per heavy atom. The van der Waals surface area contributed by atoms with Gasteiger partial charge in [0.2, 0.25) is 0 Å². The van der Waals surface area contributed by atoms with Gasteiger partial charge in [-0.15, -0.1) is 0 Å². The number of rotatable bonds is 0. The van der Waals surface area contributed by atoms with Gasteiger partial charge in [-0.1, -0.05) is 6.42 Å². The van der Waals surface area contributed by atoms with Crippen molar-refractivity contribution >= 4 is 0 Å². The summed E-state index contributed by atoms with van der Waals surface area (Å²) >= 11 is 0. The number of nitrogens with zero attached hydrogens (tertiary/aromatic N) is 1. The van der Waals surface area contributed by atoms with E-state index in [-0.39, 0.29) is 0 Å². The first-order valence-electron chi connectivity index (χ1n) is 3.39. The molecule has 1 saturated carbocycles. The minimum atomic E-state index is 0.773. The lowest BCUT2D eigenvalue weighted by atomic mass is 9.95. The van der Waals surface area contributed by atoms with Gasteiger partial charge in [0.15, 0.2) is 0 Å². The smallest absolute Gasteiger partial charge is 0.0282 e. The van der Waals surface area contributed by atoms with Gasteiger partial charge < -0.3 is 0 Å². The highest BCUT2D eigenvalue weighted by Gasteiger charge is 2.39. The van der Waals surface area contributed by atoms with Crippen molar-refractivity contribution in [2.75, 3.05) is 6.54 Å². The number of fused-ring (bicyclic) bond motifs is 1. The van der Waals surface area contributed by atoms with Crippen LogP contribution >= 0.6 is 0 Å². The van der Waals surface area contributed by atoms with Crippen molar-refractivity contribution < 1.29 is 0 Å². The van der Waals surface area contributed by atoms with Crippen LogP contribution < -0.4 is 5.84 Å². The van der Waals surface area contributed by atoms with E-state index in [1.807, 2.05) is 5.01 Å². The molecule has 0 aromatic heterocycles. The van der Waals surface area contributed by atoms with Gasteiger partial charge in [0.25, 0.3) is 0 Å². The lowest BCUT2D eigenvalue weighted by Gasteiger charge is -2.40. The van der Waals surface area contributed by atoms with Crippen molar-refractivity contribution in [2.45, 2.75) is 25.3 Å². The Morgan fingerprint density at radius 3 is 2.75 bits per heavy atom. The molecule has 2 fully saturated rings. The molecule has 2 rings (SSSR count). The van der Waals surface area contributed by atoms with E-state index in [0.717, 1.165) is 18.5 Å². The number of hydrogen-bond donors (Lipinski definition) is 1. The molecular formula is C6H12N2. The molecule has 2 aliphatic rings. The Balaban J connectivity index is 2.02. The van der Waals surface area contributed by atoms with Crippen LogP contribution in [-0.4, -0.2) is 17.6 Å². The molecule has 46 valence electrons. The quantitative estimate of drug-likeness (QED) is 0.458. The van der Waals surface area contributed by atoms with Crippen molar-refractivity contribution in [3.8, 4) is 0 Å². The van der Waals surface area contributed by atoms with Crippen LogP contribution in [0.25, 0.3) is 0 Å². The molecule has 1 saturated heterocycles. The summed E-state index contributed by atoms with van der Waals surface area (Å²) in [6.07, 6.45) is 4.18. The minimum absolute atomic E-state index is 0.773. The summed E-state index contributed by atoms with van der Waals surface area (Å²) in [5.74, 6) is 6.57. The average Bonchev–Trinajstić information content (AvgIpc) is 2.09. The maximum Gasteiger partial charge on any atom is 0.0282 e. The normalized spacial score (nSPS) is 46.1. The summed E-state index contributed by atoms with van der Waals surface area (Å²) in [5.41, 5.74) is 0. The average molecular weight is 112 g/mol. The summed E-state index contributed by atoms with van der Waals surface area (Å²) in [7, 11) is 0. The highest BCUT2D eigenvalue weighted by Crippen LogP contribution is 2.36. The molecule has 8 heavy (non-hydrogen) atoms. The molecule has 2 heteroatoms. The molecule has 0 spiro atoms. The molecular weight excluding hydrogens is 100 g/mol. The first-order chi connectivity index (χ1) is 3.88.